The number of benzene rings is 2. The van der Waals surface area contributed by atoms with Gasteiger partial charge in [-0.25, -0.2) is 15.0 Å². The third-order valence-corrected chi connectivity index (χ3v) is 4.99. The van der Waals surface area contributed by atoms with E-state index in [9.17, 15) is 4.79 Å². The summed E-state index contributed by atoms with van der Waals surface area (Å²) in [5, 5.41) is 9.83. The Bertz CT molecular complexity index is 1250. The molecular weight excluding hydrogens is 452 g/mol. The van der Waals surface area contributed by atoms with Crippen LogP contribution in [0.25, 0.3) is 0 Å². The molecule has 0 atom stereocenters. The lowest BCUT2D eigenvalue weighted by Gasteiger charge is -2.25. The van der Waals surface area contributed by atoms with Gasteiger partial charge in [-0.15, -0.1) is 0 Å². The van der Waals surface area contributed by atoms with Crippen LogP contribution in [0.15, 0.2) is 85.3 Å². The minimum atomic E-state index is -1.08. The van der Waals surface area contributed by atoms with Crippen LogP contribution in [0, 0.1) is 0 Å². The van der Waals surface area contributed by atoms with Crippen molar-refractivity contribution in [3.63, 3.8) is 0 Å². The molecule has 1 amide bonds. The molecule has 0 bridgehead atoms. The Morgan fingerprint density at radius 3 is 2.18 bits per heavy atom. The number of ether oxygens (including phenoxy) is 1. The molecule has 3 N–H and O–H groups in total. The number of carbonyl (C=O) groups is 1. The highest BCUT2D eigenvalue weighted by molar-refractivity contribution is 6.30. The first-order chi connectivity index (χ1) is 16.4. The third kappa shape index (κ3) is 6.20. The van der Waals surface area contributed by atoms with Gasteiger partial charge in [0.05, 0.1) is 0 Å². The molecular formula is C25H23ClN6O2. The van der Waals surface area contributed by atoms with Crippen LogP contribution in [0.1, 0.15) is 13.8 Å². The summed E-state index contributed by atoms with van der Waals surface area (Å²) in [6.45, 7) is 3.41. The zero-order valence-electron chi connectivity index (χ0n) is 18.6. The summed E-state index contributed by atoms with van der Waals surface area (Å²) in [5.74, 6) is 2.20. The van der Waals surface area contributed by atoms with E-state index >= 15 is 0 Å². The smallest absolute Gasteiger partial charge is 0.267 e. The molecule has 4 rings (SSSR count). The lowest BCUT2D eigenvalue weighted by molar-refractivity contribution is -0.128. The number of pyridine rings is 1. The maximum Gasteiger partial charge on any atom is 0.267 e. The Labute approximate surface area is 202 Å². The summed E-state index contributed by atoms with van der Waals surface area (Å²) in [5.41, 5.74) is 0.364. The second-order valence-corrected chi connectivity index (χ2v) is 8.29. The number of nitrogens with one attached hydrogen (secondary N) is 3. The van der Waals surface area contributed by atoms with Crippen LogP contribution in [0.2, 0.25) is 5.02 Å². The van der Waals surface area contributed by atoms with Gasteiger partial charge in [0.15, 0.2) is 5.60 Å². The quantitative estimate of drug-likeness (QED) is 0.296. The molecule has 0 aliphatic rings. The minimum Gasteiger partial charge on any atom is -0.478 e. The van der Waals surface area contributed by atoms with Crippen LogP contribution in [0.4, 0.5) is 28.8 Å². The first kappa shape index (κ1) is 23.0. The molecule has 0 fully saturated rings. The summed E-state index contributed by atoms with van der Waals surface area (Å²) in [4.78, 5) is 25.4. The summed E-state index contributed by atoms with van der Waals surface area (Å²) >= 11 is 5.90. The normalized spacial score (nSPS) is 10.9. The molecule has 0 radical (unpaired) electrons. The standard InChI is InChI=1S/C25H23ClN6O2/c1-25(2,34-20-12-6-17(26)7-13-20)24(33)31-19-10-8-18(9-11-19)30-22-15-23(29-16-28-22)32-21-5-3-4-14-27-21/h3-16H,1-2H3,(H,31,33)(H2,27,28,29,30,32). The van der Waals surface area contributed by atoms with Gasteiger partial charge in [0.2, 0.25) is 0 Å². The third-order valence-electron chi connectivity index (χ3n) is 4.74. The average Bonchev–Trinajstić information content (AvgIpc) is 2.82. The summed E-state index contributed by atoms with van der Waals surface area (Å²) in [6, 6.07) is 21.5. The lowest BCUT2D eigenvalue weighted by atomic mass is 10.1. The van der Waals surface area contributed by atoms with Crippen LogP contribution >= 0.6 is 11.6 Å². The summed E-state index contributed by atoms with van der Waals surface area (Å²) < 4.78 is 5.84. The SMILES string of the molecule is CC(C)(Oc1ccc(Cl)cc1)C(=O)Nc1ccc(Nc2cc(Nc3ccccn3)ncn2)cc1. The highest BCUT2D eigenvalue weighted by Crippen LogP contribution is 2.24. The van der Waals surface area contributed by atoms with Crippen LogP contribution < -0.4 is 20.7 Å². The van der Waals surface area contributed by atoms with Crippen LogP contribution in [-0.4, -0.2) is 26.5 Å². The van der Waals surface area contributed by atoms with Gasteiger partial charge in [0.1, 0.15) is 29.5 Å². The molecule has 34 heavy (non-hydrogen) atoms. The van der Waals surface area contributed by atoms with Crippen molar-refractivity contribution >= 4 is 46.3 Å². The van der Waals surface area contributed by atoms with Crippen molar-refractivity contribution in [2.75, 3.05) is 16.0 Å². The van der Waals surface area contributed by atoms with E-state index in [2.05, 4.69) is 30.9 Å². The number of hydrogen-bond acceptors (Lipinski definition) is 7. The fraction of sp³-hybridized carbons (Fsp3) is 0.120. The zero-order chi connectivity index (χ0) is 24.0. The van der Waals surface area contributed by atoms with Crippen molar-refractivity contribution in [2.24, 2.45) is 0 Å². The first-order valence-electron chi connectivity index (χ1n) is 10.5. The zero-order valence-corrected chi connectivity index (χ0v) is 19.4. The Hall–Kier alpha value is -4.17. The number of amides is 1. The number of halogens is 1. The molecule has 0 aliphatic carbocycles. The molecule has 2 aromatic carbocycles. The van der Waals surface area contributed by atoms with Crippen LogP contribution in [0.5, 0.6) is 5.75 Å². The molecule has 0 spiro atoms. The Kier molecular flexibility index (Phi) is 6.89. The molecule has 4 aromatic rings. The summed E-state index contributed by atoms with van der Waals surface area (Å²) in [6.07, 6.45) is 3.17. The summed E-state index contributed by atoms with van der Waals surface area (Å²) in [7, 11) is 0. The Balaban J connectivity index is 1.36. The first-order valence-corrected chi connectivity index (χ1v) is 10.9. The van der Waals surface area contributed by atoms with Gasteiger partial charge in [-0.3, -0.25) is 4.79 Å². The Morgan fingerprint density at radius 1 is 0.824 bits per heavy atom. The van der Waals surface area contributed by atoms with E-state index in [0.29, 0.717) is 33.9 Å². The number of carbonyl (C=O) groups excluding carboxylic acids is 1. The molecule has 2 heterocycles. The molecule has 172 valence electrons. The van der Waals surface area contributed by atoms with Gasteiger partial charge >= 0.3 is 0 Å². The molecule has 2 aromatic heterocycles. The average molecular weight is 475 g/mol. The second-order valence-electron chi connectivity index (χ2n) is 7.85. The van der Waals surface area contributed by atoms with E-state index in [1.165, 1.54) is 6.33 Å². The minimum absolute atomic E-state index is 0.274. The largest absolute Gasteiger partial charge is 0.478 e. The van der Waals surface area contributed by atoms with Crippen molar-refractivity contribution in [2.45, 2.75) is 19.4 Å². The number of anilines is 5. The predicted octanol–water partition coefficient (Wildman–Crippen LogP) is 5.81. The molecule has 8 nitrogen and oxygen atoms in total. The van der Waals surface area contributed by atoms with Gasteiger partial charge in [-0.05, 0) is 74.5 Å². The van der Waals surface area contributed by atoms with Gasteiger partial charge in [0, 0.05) is 28.7 Å². The number of rotatable bonds is 8. The Morgan fingerprint density at radius 2 is 1.50 bits per heavy atom. The molecule has 9 heteroatoms. The van der Waals surface area contributed by atoms with Gasteiger partial charge < -0.3 is 20.7 Å². The monoisotopic (exact) mass is 474 g/mol. The van der Waals surface area contributed by atoms with E-state index in [1.807, 2.05) is 30.3 Å². The van der Waals surface area contributed by atoms with E-state index in [1.54, 1.807) is 62.5 Å². The second kappa shape index (κ2) is 10.2. The van der Waals surface area contributed by atoms with Crippen molar-refractivity contribution in [3.05, 3.63) is 90.3 Å². The van der Waals surface area contributed by atoms with Gasteiger partial charge in [-0.1, -0.05) is 17.7 Å². The van der Waals surface area contributed by atoms with Crippen molar-refractivity contribution in [1.82, 2.24) is 15.0 Å². The number of hydrogen-bond donors (Lipinski definition) is 3. The molecule has 0 aliphatic heterocycles. The highest BCUT2D eigenvalue weighted by atomic mass is 35.5. The molecule has 0 unspecified atom stereocenters. The molecule has 0 saturated heterocycles. The van der Waals surface area contributed by atoms with Crippen LogP contribution in [0.3, 0.4) is 0 Å². The van der Waals surface area contributed by atoms with Crippen molar-refractivity contribution in [3.8, 4) is 5.75 Å². The van der Waals surface area contributed by atoms with E-state index in [-0.39, 0.29) is 5.91 Å². The van der Waals surface area contributed by atoms with Crippen molar-refractivity contribution in [1.29, 1.82) is 0 Å². The molecule has 0 saturated carbocycles. The van der Waals surface area contributed by atoms with Gasteiger partial charge in [0.25, 0.3) is 5.91 Å². The maximum absolute atomic E-state index is 12.8. The van der Waals surface area contributed by atoms with Crippen LogP contribution in [-0.2, 0) is 4.79 Å². The van der Waals surface area contributed by atoms with E-state index < -0.39 is 5.60 Å². The topological polar surface area (TPSA) is 101 Å². The predicted molar refractivity (Wildman–Crippen MR) is 134 cm³/mol. The number of nitrogens with zero attached hydrogens (tertiary/aromatic N) is 3. The lowest BCUT2D eigenvalue weighted by Crippen LogP contribution is -2.42. The van der Waals surface area contributed by atoms with E-state index in [0.717, 1.165) is 5.69 Å². The fourth-order valence-corrected chi connectivity index (χ4v) is 3.10. The number of aromatic nitrogens is 3. The van der Waals surface area contributed by atoms with Gasteiger partial charge in [-0.2, -0.15) is 0 Å². The van der Waals surface area contributed by atoms with E-state index in [4.69, 9.17) is 16.3 Å². The highest BCUT2D eigenvalue weighted by Gasteiger charge is 2.30. The van der Waals surface area contributed by atoms with Crippen molar-refractivity contribution < 1.29 is 9.53 Å². The maximum atomic E-state index is 12.8. The fourth-order valence-electron chi connectivity index (χ4n) is 2.97.